The van der Waals surface area contributed by atoms with Crippen molar-refractivity contribution in [1.82, 2.24) is 14.3 Å². The smallest absolute Gasteiger partial charge is 0.416 e. The van der Waals surface area contributed by atoms with E-state index in [0.717, 1.165) is 24.3 Å². The molecule has 2 aromatic rings. The van der Waals surface area contributed by atoms with Crippen LogP contribution >= 0.6 is 0 Å². The van der Waals surface area contributed by atoms with E-state index in [1.165, 1.54) is 11.4 Å². The van der Waals surface area contributed by atoms with Gasteiger partial charge in [-0.1, -0.05) is 0 Å². The van der Waals surface area contributed by atoms with Gasteiger partial charge in [-0.15, -0.1) is 0 Å². The number of rotatable bonds is 4. The maximum Gasteiger partial charge on any atom is 0.416 e. The molecule has 11 heteroatoms. The van der Waals surface area contributed by atoms with Crippen LogP contribution in [0.1, 0.15) is 5.56 Å². The normalized spacial score (nSPS) is 16.4. The number of benzene rings is 1. The summed E-state index contributed by atoms with van der Waals surface area (Å²) in [5.41, 5.74) is -0.888. The van der Waals surface area contributed by atoms with Gasteiger partial charge >= 0.3 is 6.18 Å². The average Bonchev–Trinajstić information content (AvgIpc) is 2.67. The molecule has 0 atom stereocenters. The zero-order valence-corrected chi connectivity index (χ0v) is 15.2. The number of hydrogen-bond acceptors (Lipinski definition) is 6. The van der Waals surface area contributed by atoms with Crippen LogP contribution in [0.2, 0.25) is 0 Å². The standard InChI is InChI=1S/C16H17F3N4O3S/c1-26-14-6-7-20-15(21-14)22-8-10-23(11-9-22)27(24,25)13-4-2-12(3-5-13)16(17,18)19/h2-7H,8-11H2,1H3. The highest BCUT2D eigenvalue weighted by Crippen LogP contribution is 2.30. The topological polar surface area (TPSA) is 75.6 Å². The van der Waals surface area contributed by atoms with E-state index < -0.39 is 21.8 Å². The van der Waals surface area contributed by atoms with E-state index in [0.29, 0.717) is 24.9 Å². The maximum absolute atomic E-state index is 12.7. The van der Waals surface area contributed by atoms with E-state index in [1.54, 1.807) is 12.3 Å². The van der Waals surface area contributed by atoms with Gasteiger partial charge in [0.2, 0.25) is 21.9 Å². The SMILES string of the molecule is COc1ccnc(N2CCN(S(=O)(=O)c3ccc(C(F)(F)F)cc3)CC2)n1. The molecule has 2 heterocycles. The zero-order chi connectivity index (χ0) is 19.7. The molecular formula is C16H17F3N4O3S. The third-order valence-electron chi connectivity index (χ3n) is 4.17. The summed E-state index contributed by atoms with van der Waals surface area (Å²) < 4.78 is 69.6. The van der Waals surface area contributed by atoms with Crippen LogP contribution in [-0.2, 0) is 16.2 Å². The van der Waals surface area contributed by atoms with Gasteiger partial charge in [-0.25, -0.2) is 13.4 Å². The molecular weight excluding hydrogens is 385 g/mol. The van der Waals surface area contributed by atoms with Gasteiger partial charge in [0.05, 0.1) is 17.6 Å². The Morgan fingerprint density at radius 1 is 1.04 bits per heavy atom. The Morgan fingerprint density at radius 2 is 1.67 bits per heavy atom. The number of ether oxygens (including phenoxy) is 1. The van der Waals surface area contributed by atoms with Gasteiger partial charge < -0.3 is 9.64 Å². The molecule has 1 aromatic heterocycles. The fourth-order valence-corrected chi connectivity index (χ4v) is 4.11. The maximum atomic E-state index is 12.7. The lowest BCUT2D eigenvalue weighted by molar-refractivity contribution is -0.137. The first kappa shape index (κ1) is 19.4. The minimum absolute atomic E-state index is 0.165. The summed E-state index contributed by atoms with van der Waals surface area (Å²) in [6.45, 7) is 1.05. The van der Waals surface area contributed by atoms with Crippen molar-refractivity contribution in [2.45, 2.75) is 11.1 Å². The van der Waals surface area contributed by atoms with Gasteiger partial charge in [0.25, 0.3) is 0 Å². The first-order chi connectivity index (χ1) is 12.7. The molecule has 1 aliphatic heterocycles. The predicted octanol–water partition coefficient (Wildman–Crippen LogP) is 2.01. The van der Waals surface area contributed by atoms with Gasteiger partial charge in [0.15, 0.2) is 0 Å². The summed E-state index contributed by atoms with van der Waals surface area (Å²) >= 11 is 0. The second-order valence-corrected chi connectivity index (χ2v) is 7.75. The van der Waals surface area contributed by atoms with Crippen LogP contribution in [0.3, 0.4) is 0 Å². The van der Waals surface area contributed by atoms with Crippen molar-refractivity contribution in [3.8, 4) is 5.88 Å². The van der Waals surface area contributed by atoms with Crippen LogP contribution in [-0.4, -0.2) is 56.0 Å². The number of nitrogens with zero attached hydrogens (tertiary/aromatic N) is 4. The van der Waals surface area contributed by atoms with Crippen LogP contribution in [0.5, 0.6) is 5.88 Å². The third kappa shape index (κ3) is 4.14. The molecule has 3 rings (SSSR count). The van der Waals surface area contributed by atoms with Crippen molar-refractivity contribution in [2.75, 3.05) is 38.2 Å². The fourth-order valence-electron chi connectivity index (χ4n) is 2.69. The fraction of sp³-hybridized carbons (Fsp3) is 0.375. The molecule has 0 unspecified atom stereocenters. The number of methoxy groups -OCH3 is 1. The number of sulfonamides is 1. The molecule has 1 fully saturated rings. The minimum Gasteiger partial charge on any atom is -0.481 e. The van der Waals surface area contributed by atoms with Crippen LogP contribution in [0.15, 0.2) is 41.4 Å². The summed E-state index contributed by atoms with van der Waals surface area (Å²) in [7, 11) is -2.38. The molecule has 0 N–H and O–H groups in total. The van der Waals surface area contributed by atoms with Crippen molar-refractivity contribution >= 4 is 16.0 Å². The van der Waals surface area contributed by atoms with Gasteiger partial charge in [-0.05, 0) is 24.3 Å². The summed E-state index contributed by atoms with van der Waals surface area (Å²) in [5.74, 6) is 0.834. The third-order valence-corrected chi connectivity index (χ3v) is 6.08. The summed E-state index contributed by atoms with van der Waals surface area (Å²) in [5, 5.41) is 0. The van der Waals surface area contributed by atoms with Crippen molar-refractivity contribution in [3.63, 3.8) is 0 Å². The molecule has 0 aliphatic carbocycles. The molecule has 7 nitrogen and oxygen atoms in total. The predicted molar refractivity (Wildman–Crippen MR) is 91.0 cm³/mol. The summed E-state index contributed by atoms with van der Waals surface area (Å²) in [6.07, 6.45) is -2.96. The highest BCUT2D eigenvalue weighted by molar-refractivity contribution is 7.89. The van der Waals surface area contributed by atoms with Crippen molar-refractivity contribution in [1.29, 1.82) is 0 Å². The van der Waals surface area contributed by atoms with Crippen molar-refractivity contribution in [3.05, 3.63) is 42.1 Å². The molecule has 0 saturated carbocycles. The number of piperazine rings is 1. The van der Waals surface area contributed by atoms with Crippen molar-refractivity contribution in [2.24, 2.45) is 0 Å². The van der Waals surface area contributed by atoms with Crippen LogP contribution in [0, 0.1) is 0 Å². The molecule has 1 aliphatic rings. The highest BCUT2D eigenvalue weighted by atomic mass is 32.2. The Kier molecular flexibility index (Phi) is 5.24. The second-order valence-electron chi connectivity index (χ2n) is 5.81. The van der Waals surface area contributed by atoms with E-state index in [2.05, 4.69) is 9.97 Å². The Labute approximate surface area is 154 Å². The molecule has 146 valence electrons. The number of anilines is 1. The van der Waals surface area contributed by atoms with Crippen LogP contribution in [0.4, 0.5) is 19.1 Å². The lowest BCUT2D eigenvalue weighted by atomic mass is 10.2. The summed E-state index contributed by atoms with van der Waals surface area (Å²) in [4.78, 5) is 10.0. The zero-order valence-electron chi connectivity index (χ0n) is 14.3. The lowest BCUT2D eigenvalue weighted by Gasteiger charge is -2.34. The van der Waals surface area contributed by atoms with E-state index in [9.17, 15) is 21.6 Å². The molecule has 0 spiro atoms. The highest BCUT2D eigenvalue weighted by Gasteiger charge is 2.32. The van der Waals surface area contributed by atoms with Crippen molar-refractivity contribution < 1.29 is 26.3 Å². The Hall–Kier alpha value is -2.40. The van der Waals surface area contributed by atoms with Gasteiger partial charge in [-0.3, -0.25) is 0 Å². The van der Waals surface area contributed by atoms with Gasteiger partial charge in [0, 0.05) is 38.4 Å². The first-order valence-corrected chi connectivity index (χ1v) is 9.45. The summed E-state index contributed by atoms with van der Waals surface area (Å²) in [6, 6.07) is 5.11. The van der Waals surface area contributed by atoms with E-state index in [4.69, 9.17) is 4.74 Å². The van der Waals surface area contributed by atoms with Gasteiger partial charge in [-0.2, -0.15) is 22.5 Å². The van der Waals surface area contributed by atoms with Gasteiger partial charge in [0.1, 0.15) is 0 Å². The second kappa shape index (κ2) is 7.31. The molecule has 1 saturated heterocycles. The molecule has 27 heavy (non-hydrogen) atoms. The lowest BCUT2D eigenvalue weighted by Crippen LogP contribution is -2.49. The number of halogens is 3. The average molecular weight is 402 g/mol. The monoisotopic (exact) mass is 402 g/mol. The number of hydrogen-bond donors (Lipinski definition) is 0. The molecule has 0 radical (unpaired) electrons. The first-order valence-electron chi connectivity index (χ1n) is 8.01. The quantitative estimate of drug-likeness (QED) is 0.779. The minimum atomic E-state index is -4.51. The van der Waals surface area contributed by atoms with E-state index in [1.807, 2.05) is 4.90 Å². The Bertz CT molecular complexity index is 896. The van der Waals surface area contributed by atoms with Crippen LogP contribution in [0.25, 0.3) is 0 Å². The molecule has 0 bridgehead atoms. The van der Waals surface area contributed by atoms with E-state index >= 15 is 0 Å². The molecule has 1 aromatic carbocycles. The molecule has 0 amide bonds. The van der Waals surface area contributed by atoms with Crippen LogP contribution < -0.4 is 9.64 Å². The number of aromatic nitrogens is 2. The number of alkyl halides is 3. The Morgan fingerprint density at radius 3 is 2.22 bits per heavy atom. The van der Waals surface area contributed by atoms with E-state index in [-0.39, 0.29) is 18.0 Å². The Balaban J connectivity index is 1.71. The largest absolute Gasteiger partial charge is 0.481 e.